The van der Waals surface area contributed by atoms with Gasteiger partial charge in [-0.25, -0.2) is 13.2 Å². The lowest BCUT2D eigenvalue weighted by Gasteiger charge is -2.18. The number of hydrogen-bond acceptors (Lipinski definition) is 5. The fourth-order valence-corrected chi connectivity index (χ4v) is 3.62. The van der Waals surface area contributed by atoms with Crippen molar-refractivity contribution < 1.29 is 27.9 Å². The predicted molar refractivity (Wildman–Crippen MR) is 75.3 cm³/mol. The topological polar surface area (TPSA) is 101 Å². The van der Waals surface area contributed by atoms with Crippen LogP contribution in [-0.2, 0) is 19.6 Å². The molecule has 0 aromatic heterocycles. The van der Waals surface area contributed by atoms with Crippen molar-refractivity contribution in [1.82, 2.24) is 4.31 Å². The summed E-state index contributed by atoms with van der Waals surface area (Å²) >= 11 is 11.6. The van der Waals surface area contributed by atoms with Crippen LogP contribution in [0, 0.1) is 0 Å². The molecule has 0 amide bonds. The Morgan fingerprint density at radius 3 is 2.38 bits per heavy atom. The number of methoxy groups -OCH3 is 1. The van der Waals surface area contributed by atoms with Gasteiger partial charge in [0.1, 0.15) is 11.4 Å². The zero-order valence-corrected chi connectivity index (χ0v) is 13.3. The fraction of sp³-hybridized carbons (Fsp3) is 0.273. The summed E-state index contributed by atoms with van der Waals surface area (Å²) in [7, 11) is -2.19. The number of aliphatic carboxylic acids is 1. The lowest BCUT2D eigenvalue weighted by Crippen LogP contribution is -2.33. The molecule has 0 aliphatic heterocycles. The molecule has 1 N–H and O–H groups in total. The summed E-state index contributed by atoms with van der Waals surface area (Å²) < 4.78 is 29.8. The Hall–Kier alpha value is -1.35. The van der Waals surface area contributed by atoms with E-state index in [0.29, 0.717) is 4.31 Å². The van der Waals surface area contributed by atoms with Crippen LogP contribution in [-0.4, -0.2) is 50.5 Å². The molecule has 7 nitrogen and oxygen atoms in total. The minimum Gasteiger partial charge on any atom is -0.480 e. The fourth-order valence-electron chi connectivity index (χ4n) is 1.52. The quantitative estimate of drug-likeness (QED) is 0.802. The van der Waals surface area contributed by atoms with E-state index >= 15 is 0 Å². The van der Waals surface area contributed by atoms with E-state index in [0.717, 1.165) is 26.3 Å². The maximum Gasteiger partial charge on any atom is 0.339 e. The van der Waals surface area contributed by atoms with Gasteiger partial charge in [-0.15, -0.1) is 0 Å². The van der Waals surface area contributed by atoms with Crippen LogP contribution in [0.25, 0.3) is 0 Å². The predicted octanol–water partition coefficient (Wildman–Crippen LogP) is 1.49. The molecule has 21 heavy (non-hydrogen) atoms. The number of halogens is 2. The molecule has 0 spiro atoms. The SMILES string of the molecule is COC(=O)c1cc(Cl)cc(Cl)c1S(=O)(=O)N(C)CC(=O)O. The third-order valence-corrected chi connectivity index (χ3v) is 4.97. The average Bonchev–Trinajstić information content (AvgIpc) is 2.35. The van der Waals surface area contributed by atoms with Gasteiger partial charge in [-0.3, -0.25) is 4.79 Å². The van der Waals surface area contributed by atoms with E-state index < -0.39 is 33.4 Å². The second-order valence-electron chi connectivity index (χ2n) is 3.91. The van der Waals surface area contributed by atoms with E-state index in [1.807, 2.05) is 0 Å². The summed E-state index contributed by atoms with van der Waals surface area (Å²) in [5.74, 6) is -2.31. The standard InChI is InChI=1S/C11H11Cl2NO6S/c1-14(5-9(15)16)21(18,19)10-7(11(17)20-2)3-6(12)4-8(10)13/h3-4H,5H2,1-2H3,(H,15,16). The summed E-state index contributed by atoms with van der Waals surface area (Å²) in [6, 6.07) is 2.22. The first kappa shape index (κ1) is 17.7. The number of likely N-dealkylation sites (N-methyl/N-ethyl adjacent to an activating group) is 1. The van der Waals surface area contributed by atoms with E-state index in [1.54, 1.807) is 0 Å². The van der Waals surface area contributed by atoms with E-state index in [2.05, 4.69) is 4.74 Å². The summed E-state index contributed by atoms with van der Waals surface area (Å²) in [5.41, 5.74) is -0.368. The summed E-state index contributed by atoms with van der Waals surface area (Å²) in [5, 5.41) is 8.42. The van der Waals surface area contributed by atoms with Gasteiger partial charge in [-0.2, -0.15) is 4.31 Å². The number of rotatable bonds is 5. The Kier molecular flexibility index (Phi) is 5.57. The van der Waals surface area contributed by atoms with Crippen molar-refractivity contribution in [3.05, 3.63) is 27.7 Å². The highest BCUT2D eigenvalue weighted by atomic mass is 35.5. The van der Waals surface area contributed by atoms with Crippen LogP contribution in [0.1, 0.15) is 10.4 Å². The average molecular weight is 356 g/mol. The maximum absolute atomic E-state index is 12.4. The molecule has 0 heterocycles. The Bertz CT molecular complexity index is 688. The first-order valence-corrected chi connectivity index (χ1v) is 7.56. The number of hydrogen-bond donors (Lipinski definition) is 1. The summed E-state index contributed by atoms with van der Waals surface area (Å²) in [4.78, 5) is 21.8. The molecule has 0 radical (unpaired) electrons. The molecule has 0 bridgehead atoms. The second-order valence-corrected chi connectivity index (χ2v) is 6.74. The number of sulfonamides is 1. The van der Waals surface area contributed by atoms with E-state index in [1.165, 1.54) is 0 Å². The van der Waals surface area contributed by atoms with Crippen molar-refractivity contribution in [3.63, 3.8) is 0 Å². The third kappa shape index (κ3) is 3.85. The van der Waals surface area contributed by atoms with Crippen LogP contribution >= 0.6 is 23.2 Å². The van der Waals surface area contributed by atoms with Gasteiger partial charge in [0.15, 0.2) is 0 Å². The molecule has 0 saturated heterocycles. The first-order valence-electron chi connectivity index (χ1n) is 5.36. The second kappa shape index (κ2) is 6.61. The summed E-state index contributed by atoms with van der Waals surface area (Å²) in [6.07, 6.45) is 0. The zero-order chi connectivity index (χ0) is 16.4. The van der Waals surface area contributed by atoms with Crippen LogP contribution in [0.15, 0.2) is 17.0 Å². The monoisotopic (exact) mass is 355 g/mol. The normalized spacial score (nSPS) is 11.5. The zero-order valence-electron chi connectivity index (χ0n) is 11.0. The van der Waals surface area contributed by atoms with Crippen LogP contribution in [0.4, 0.5) is 0 Å². The molecule has 1 aromatic carbocycles. The van der Waals surface area contributed by atoms with Gasteiger partial charge in [-0.05, 0) is 12.1 Å². The first-order chi connectivity index (χ1) is 9.61. The highest BCUT2D eigenvalue weighted by Crippen LogP contribution is 2.31. The van der Waals surface area contributed by atoms with Crippen LogP contribution in [0.2, 0.25) is 10.0 Å². The molecular weight excluding hydrogens is 345 g/mol. The van der Waals surface area contributed by atoms with E-state index in [-0.39, 0.29) is 15.6 Å². The number of carboxylic acids is 1. The van der Waals surface area contributed by atoms with Gasteiger partial charge in [0.25, 0.3) is 0 Å². The molecule has 0 saturated carbocycles. The third-order valence-electron chi connectivity index (χ3n) is 2.44. The number of carbonyl (C=O) groups excluding carboxylic acids is 1. The van der Waals surface area contributed by atoms with Crippen molar-refractivity contribution >= 4 is 45.2 Å². The lowest BCUT2D eigenvalue weighted by atomic mass is 10.2. The van der Waals surface area contributed by atoms with Crippen molar-refractivity contribution in [3.8, 4) is 0 Å². The minimum atomic E-state index is -4.31. The Labute approximate surface area is 131 Å². The van der Waals surface area contributed by atoms with Crippen molar-refractivity contribution in [2.45, 2.75) is 4.90 Å². The van der Waals surface area contributed by atoms with Crippen molar-refractivity contribution in [2.75, 3.05) is 20.7 Å². The Morgan fingerprint density at radius 2 is 1.90 bits per heavy atom. The number of carbonyl (C=O) groups is 2. The summed E-state index contributed by atoms with van der Waals surface area (Å²) in [6.45, 7) is -0.790. The number of nitrogens with zero attached hydrogens (tertiary/aromatic N) is 1. The van der Waals surface area contributed by atoms with Gasteiger partial charge in [0.2, 0.25) is 10.0 Å². The Balaban J connectivity index is 3.54. The van der Waals surface area contributed by atoms with Crippen LogP contribution < -0.4 is 0 Å². The van der Waals surface area contributed by atoms with Gasteiger partial charge in [0.05, 0.1) is 17.7 Å². The number of benzene rings is 1. The molecule has 116 valence electrons. The number of esters is 1. The van der Waals surface area contributed by atoms with Crippen molar-refractivity contribution in [2.24, 2.45) is 0 Å². The van der Waals surface area contributed by atoms with Gasteiger partial charge < -0.3 is 9.84 Å². The number of carboxylic acid groups (broad SMARTS) is 1. The maximum atomic E-state index is 12.4. The molecule has 0 atom stereocenters. The Morgan fingerprint density at radius 1 is 1.33 bits per heavy atom. The molecule has 0 aliphatic rings. The van der Waals surface area contributed by atoms with Gasteiger partial charge in [-0.1, -0.05) is 23.2 Å². The smallest absolute Gasteiger partial charge is 0.339 e. The van der Waals surface area contributed by atoms with Crippen LogP contribution in [0.5, 0.6) is 0 Å². The van der Waals surface area contributed by atoms with Gasteiger partial charge in [0, 0.05) is 12.1 Å². The molecule has 1 aromatic rings. The van der Waals surface area contributed by atoms with E-state index in [9.17, 15) is 18.0 Å². The molecule has 0 unspecified atom stereocenters. The highest BCUT2D eigenvalue weighted by Gasteiger charge is 2.31. The number of ether oxygens (including phenoxy) is 1. The molecule has 10 heteroatoms. The molecule has 0 fully saturated rings. The molecular formula is C11H11Cl2NO6S. The van der Waals surface area contributed by atoms with Crippen LogP contribution in [0.3, 0.4) is 0 Å². The highest BCUT2D eigenvalue weighted by molar-refractivity contribution is 7.89. The van der Waals surface area contributed by atoms with E-state index in [4.69, 9.17) is 28.3 Å². The van der Waals surface area contributed by atoms with Crippen molar-refractivity contribution in [1.29, 1.82) is 0 Å². The molecule has 0 aliphatic carbocycles. The largest absolute Gasteiger partial charge is 0.480 e. The molecule has 1 rings (SSSR count). The minimum absolute atomic E-state index is 0.0419. The van der Waals surface area contributed by atoms with Gasteiger partial charge >= 0.3 is 11.9 Å². The lowest BCUT2D eigenvalue weighted by molar-refractivity contribution is -0.137.